The first-order valence-electron chi connectivity index (χ1n) is 4.87. The Bertz CT molecular complexity index is 185. The minimum absolute atomic E-state index is 0.184. The number of hydrogen-bond donors (Lipinski definition) is 2. The van der Waals surface area contributed by atoms with Crippen LogP contribution in [-0.2, 0) is 4.79 Å². The molecule has 2 aliphatic rings. The fourth-order valence-electron chi connectivity index (χ4n) is 2.25. The molecule has 2 fully saturated rings. The van der Waals surface area contributed by atoms with E-state index < -0.39 is 0 Å². The van der Waals surface area contributed by atoms with Crippen LogP contribution in [0.5, 0.6) is 0 Å². The molecule has 0 bridgehead atoms. The predicted octanol–water partition coefficient (Wildman–Crippen LogP) is 0.409. The zero-order valence-electron chi connectivity index (χ0n) is 7.36. The summed E-state index contributed by atoms with van der Waals surface area (Å²) in [6.07, 6.45) is 5.51. The van der Waals surface area contributed by atoms with E-state index in [1.54, 1.807) is 0 Å². The topological polar surface area (TPSA) is 41.1 Å². The number of carbonyl (C=O) groups excluding carboxylic acids is 1. The van der Waals surface area contributed by atoms with Gasteiger partial charge in [0.1, 0.15) is 0 Å². The molecule has 1 unspecified atom stereocenters. The molecule has 0 radical (unpaired) electrons. The van der Waals surface area contributed by atoms with Gasteiger partial charge in [-0.15, -0.1) is 0 Å². The first-order valence-corrected chi connectivity index (χ1v) is 4.87. The molecule has 0 aromatic carbocycles. The van der Waals surface area contributed by atoms with Crippen molar-refractivity contribution in [2.45, 2.75) is 37.6 Å². The molecule has 0 aliphatic carbocycles. The predicted molar refractivity (Wildman–Crippen MR) is 46.8 cm³/mol. The Balaban J connectivity index is 2.13. The molecular formula is C9H16N2O. The van der Waals surface area contributed by atoms with Gasteiger partial charge in [-0.25, -0.2) is 0 Å². The van der Waals surface area contributed by atoms with Crippen molar-refractivity contribution in [3.8, 4) is 0 Å². The van der Waals surface area contributed by atoms with E-state index in [2.05, 4.69) is 10.6 Å². The van der Waals surface area contributed by atoms with Gasteiger partial charge >= 0.3 is 0 Å². The van der Waals surface area contributed by atoms with Gasteiger partial charge in [-0.3, -0.25) is 4.79 Å². The van der Waals surface area contributed by atoms with Crippen molar-refractivity contribution in [3.63, 3.8) is 0 Å². The van der Waals surface area contributed by atoms with Gasteiger partial charge in [-0.1, -0.05) is 0 Å². The number of rotatable bonds is 0. The Morgan fingerprint density at radius 3 is 2.67 bits per heavy atom. The van der Waals surface area contributed by atoms with Crippen molar-refractivity contribution >= 4 is 5.91 Å². The van der Waals surface area contributed by atoms with Crippen molar-refractivity contribution in [2.75, 3.05) is 13.1 Å². The second-order valence-electron chi connectivity index (χ2n) is 3.83. The molecule has 1 atom stereocenters. The van der Waals surface area contributed by atoms with Gasteiger partial charge in [0.2, 0.25) is 5.91 Å². The Kier molecular flexibility index (Phi) is 2.05. The third-order valence-corrected chi connectivity index (χ3v) is 2.99. The average Bonchev–Trinajstić information content (AvgIpc) is 2.45. The van der Waals surface area contributed by atoms with E-state index in [9.17, 15) is 4.79 Å². The molecule has 12 heavy (non-hydrogen) atoms. The summed E-state index contributed by atoms with van der Waals surface area (Å²) in [7, 11) is 0. The second-order valence-corrected chi connectivity index (χ2v) is 3.83. The van der Waals surface area contributed by atoms with E-state index in [-0.39, 0.29) is 11.4 Å². The van der Waals surface area contributed by atoms with Crippen LogP contribution in [0.2, 0.25) is 0 Å². The minimum atomic E-state index is -0.184. The maximum atomic E-state index is 11.7. The molecule has 1 amide bonds. The highest BCUT2D eigenvalue weighted by molar-refractivity contribution is 5.86. The van der Waals surface area contributed by atoms with Crippen LogP contribution in [0.15, 0.2) is 0 Å². The summed E-state index contributed by atoms with van der Waals surface area (Å²) >= 11 is 0. The summed E-state index contributed by atoms with van der Waals surface area (Å²) in [6, 6.07) is 0. The summed E-state index contributed by atoms with van der Waals surface area (Å²) in [4.78, 5) is 11.7. The van der Waals surface area contributed by atoms with Gasteiger partial charge in [0, 0.05) is 6.54 Å². The van der Waals surface area contributed by atoms with Crippen LogP contribution in [0.3, 0.4) is 0 Å². The van der Waals surface area contributed by atoms with Crippen molar-refractivity contribution < 1.29 is 4.79 Å². The fraction of sp³-hybridized carbons (Fsp3) is 0.889. The SMILES string of the molecule is O=C1NCCCCC12CCCN2. The number of amides is 1. The third-order valence-electron chi connectivity index (χ3n) is 2.99. The van der Waals surface area contributed by atoms with Gasteiger partial charge in [-0.2, -0.15) is 0 Å². The molecule has 2 heterocycles. The number of carbonyl (C=O) groups is 1. The summed E-state index contributed by atoms with van der Waals surface area (Å²) in [5.41, 5.74) is -0.184. The average molecular weight is 168 g/mol. The van der Waals surface area contributed by atoms with E-state index >= 15 is 0 Å². The van der Waals surface area contributed by atoms with Crippen LogP contribution in [-0.4, -0.2) is 24.5 Å². The summed E-state index contributed by atoms with van der Waals surface area (Å²) < 4.78 is 0. The largest absolute Gasteiger partial charge is 0.354 e. The third kappa shape index (κ3) is 1.22. The molecule has 0 aromatic heterocycles. The smallest absolute Gasteiger partial charge is 0.240 e. The monoisotopic (exact) mass is 168 g/mol. The molecule has 0 aromatic rings. The van der Waals surface area contributed by atoms with Gasteiger partial charge in [0.05, 0.1) is 5.54 Å². The summed E-state index contributed by atoms with van der Waals surface area (Å²) in [5.74, 6) is 0.234. The molecule has 2 aliphatic heterocycles. The lowest BCUT2D eigenvalue weighted by Crippen LogP contribution is -2.52. The minimum Gasteiger partial charge on any atom is -0.354 e. The fourth-order valence-corrected chi connectivity index (χ4v) is 2.25. The lowest BCUT2D eigenvalue weighted by molar-refractivity contribution is -0.126. The van der Waals surface area contributed by atoms with Crippen molar-refractivity contribution in [1.82, 2.24) is 10.6 Å². The van der Waals surface area contributed by atoms with Crippen LogP contribution in [0.1, 0.15) is 32.1 Å². The zero-order chi connectivity index (χ0) is 8.44. The van der Waals surface area contributed by atoms with E-state index in [4.69, 9.17) is 0 Å². The molecule has 1 spiro atoms. The van der Waals surface area contributed by atoms with Gasteiger partial charge < -0.3 is 10.6 Å². The maximum absolute atomic E-state index is 11.7. The second kappa shape index (κ2) is 3.05. The highest BCUT2D eigenvalue weighted by Crippen LogP contribution is 2.26. The van der Waals surface area contributed by atoms with Crippen molar-refractivity contribution in [3.05, 3.63) is 0 Å². The van der Waals surface area contributed by atoms with Crippen LogP contribution < -0.4 is 10.6 Å². The van der Waals surface area contributed by atoms with E-state index in [0.717, 1.165) is 38.8 Å². The van der Waals surface area contributed by atoms with E-state index in [1.165, 1.54) is 6.42 Å². The van der Waals surface area contributed by atoms with Crippen LogP contribution in [0.4, 0.5) is 0 Å². The van der Waals surface area contributed by atoms with Gasteiger partial charge in [0.15, 0.2) is 0 Å². The lowest BCUT2D eigenvalue weighted by Gasteiger charge is -2.25. The highest BCUT2D eigenvalue weighted by Gasteiger charge is 2.40. The Morgan fingerprint density at radius 2 is 1.92 bits per heavy atom. The molecule has 3 heteroatoms. The molecule has 0 saturated carbocycles. The lowest BCUT2D eigenvalue weighted by atomic mass is 9.91. The van der Waals surface area contributed by atoms with E-state index in [0.29, 0.717) is 0 Å². The van der Waals surface area contributed by atoms with Crippen molar-refractivity contribution in [1.29, 1.82) is 0 Å². The highest BCUT2D eigenvalue weighted by atomic mass is 16.2. The quantitative estimate of drug-likeness (QED) is 0.550. The molecule has 68 valence electrons. The molecule has 3 nitrogen and oxygen atoms in total. The molecular weight excluding hydrogens is 152 g/mol. The number of hydrogen-bond acceptors (Lipinski definition) is 2. The number of nitrogens with one attached hydrogen (secondary N) is 2. The van der Waals surface area contributed by atoms with Gasteiger partial charge in [0.25, 0.3) is 0 Å². The van der Waals surface area contributed by atoms with Crippen molar-refractivity contribution in [2.24, 2.45) is 0 Å². The van der Waals surface area contributed by atoms with Gasteiger partial charge in [-0.05, 0) is 38.6 Å². The van der Waals surface area contributed by atoms with Crippen LogP contribution in [0, 0.1) is 0 Å². The first kappa shape index (κ1) is 8.05. The normalized spacial score (nSPS) is 36.5. The first-order chi connectivity index (χ1) is 5.83. The zero-order valence-corrected chi connectivity index (χ0v) is 7.36. The van der Waals surface area contributed by atoms with E-state index in [1.807, 2.05) is 0 Å². The maximum Gasteiger partial charge on any atom is 0.240 e. The van der Waals surface area contributed by atoms with Crippen LogP contribution >= 0.6 is 0 Å². The molecule has 2 rings (SSSR count). The standard InChI is InChI=1S/C9H16N2O/c12-8-9(5-3-7-11-9)4-1-2-6-10-8/h11H,1-7H2,(H,10,12). The Morgan fingerprint density at radius 1 is 1.08 bits per heavy atom. The Hall–Kier alpha value is -0.570. The molecule has 2 saturated heterocycles. The Labute approximate surface area is 72.9 Å². The summed E-state index contributed by atoms with van der Waals surface area (Å²) in [6.45, 7) is 1.87. The summed E-state index contributed by atoms with van der Waals surface area (Å²) in [5, 5.41) is 6.33. The van der Waals surface area contributed by atoms with Crippen LogP contribution in [0.25, 0.3) is 0 Å². The molecule has 2 N–H and O–H groups in total.